The SMILES string of the molecule is FC1(F)C[C@H]2C[C@@H]1CN2. The van der Waals surface area contributed by atoms with Crippen LogP contribution in [0.2, 0.25) is 0 Å². The van der Waals surface area contributed by atoms with Gasteiger partial charge >= 0.3 is 0 Å². The smallest absolute Gasteiger partial charge is 0.253 e. The summed E-state index contributed by atoms with van der Waals surface area (Å²) in [5, 5.41) is 3.03. The largest absolute Gasteiger partial charge is 0.313 e. The van der Waals surface area contributed by atoms with Gasteiger partial charge in [-0.25, -0.2) is 8.78 Å². The molecule has 0 aromatic heterocycles. The highest BCUT2D eigenvalue weighted by atomic mass is 19.3. The summed E-state index contributed by atoms with van der Waals surface area (Å²) in [5.41, 5.74) is 0. The molecule has 1 aliphatic carbocycles. The van der Waals surface area contributed by atoms with Gasteiger partial charge in [-0.05, 0) is 6.42 Å². The van der Waals surface area contributed by atoms with Crippen molar-refractivity contribution < 1.29 is 8.78 Å². The highest BCUT2D eigenvalue weighted by molar-refractivity contribution is 4.99. The number of fused-ring (bicyclic) bond motifs is 2. The fraction of sp³-hybridized carbons (Fsp3) is 1.00. The zero-order valence-corrected chi connectivity index (χ0v) is 5.03. The van der Waals surface area contributed by atoms with Crippen LogP contribution in [0, 0.1) is 5.92 Å². The number of hydrogen-bond acceptors (Lipinski definition) is 1. The Morgan fingerprint density at radius 3 is 2.44 bits per heavy atom. The quantitative estimate of drug-likeness (QED) is 0.520. The van der Waals surface area contributed by atoms with Crippen LogP contribution < -0.4 is 5.32 Å². The minimum absolute atomic E-state index is 0.0671. The molecule has 2 bridgehead atoms. The topological polar surface area (TPSA) is 12.0 Å². The van der Waals surface area contributed by atoms with Crippen LogP contribution in [0.1, 0.15) is 12.8 Å². The molecular formula is C6H9F2N. The lowest BCUT2D eigenvalue weighted by atomic mass is 10.1. The van der Waals surface area contributed by atoms with E-state index < -0.39 is 5.92 Å². The summed E-state index contributed by atoms with van der Waals surface area (Å²) in [4.78, 5) is 0. The standard InChI is InChI=1S/C6H9F2N/c7-6(8)2-5-1-4(6)3-9-5/h4-5,9H,1-3H2/t4-,5-/m1/s1. The Hall–Kier alpha value is -0.180. The lowest BCUT2D eigenvalue weighted by Gasteiger charge is -2.21. The molecule has 2 fully saturated rings. The first-order valence-corrected chi connectivity index (χ1v) is 3.30. The van der Waals surface area contributed by atoms with Crippen molar-refractivity contribution in [3.63, 3.8) is 0 Å². The summed E-state index contributed by atoms with van der Waals surface area (Å²) in [6.45, 7) is 0.525. The average molecular weight is 133 g/mol. The van der Waals surface area contributed by atoms with Crippen LogP contribution >= 0.6 is 0 Å². The molecule has 1 N–H and O–H groups in total. The van der Waals surface area contributed by atoms with Gasteiger partial charge in [-0.1, -0.05) is 0 Å². The molecule has 0 radical (unpaired) electrons. The molecule has 0 amide bonds. The second-order valence-electron chi connectivity index (χ2n) is 3.00. The van der Waals surface area contributed by atoms with Gasteiger partial charge in [-0.3, -0.25) is 0 Å². The van der Waals surface area contributed by atoms with E-state index in [1.54, 1.807) is 0 Å². The first-order chi connectivity index (χ1) is 4.18. The van der Waals surface area contributed by atoms with Crippen LogP contribution in [0.25, 0.3) is 0 Å². The Morgan fingerprint density at radius 2 is 2.22 bits per heavy atom. The molecule has 9 heavy (non-hydrogen) atoms. The fourth-order valence-corrected chi connectivity index (χ4v) is 1.79. The Morgan fingerprint density at radius 1 is 1.44 bits per heavy atom. The molecule has 1 heterocycles. The minimum atomic E-state index is -2.35. The Labute approximate surface area is 52.4 Å². The average Bonchev–Trinajstić information content (AvgIpc) is 2.19. The zero-order valence-electron chi connectivity index (χ0n) is 5.03. The molecule has 3 heteroatoms. The van der Waals surface area contributed by atoms with Gasteiger partial charge in [-0.15, -0.1) is 0 Å². The van der Waals surface area contributed by atoms with Crippen molar-refractivity contribution in [1.29, 1.82) is 0 Å². The molecule has 0 unspecified atom stereocenters. The number of rotatable bonds is 0. The molecular weight excluding hydrogens is 124 g/mol. The number of halogens is 2. The normalized spacial score (nSPS) is 46.0. The molecule has 2 rings (SSSR count). The molecule has 1 saturated heterocycles. The van der Waals surface area contributed by atoms with Crippen molar-refractivity contribution in [1.82, 2.24) is 5.32 Å². The number of piperidine rings is 1. The van der Waals surface area contributed by atoms with Crippen molar-refractivity contribution in [2.24, 2.45) is 5.92 Å². The predicted molar refractivity (Wildman–Crippen MR) is 29.5 cm³/mol. The number of alkyl halides is 2. The highest BCUT2D eigenvalue weighted by Gasteiger charge is 2.52. The molecule has 2 aliphatic rings. The predicted octanol–water partition coefficient (Wildman–Crippen LogP) is 1.00. The van der Waals surface area contributed by atoms with Gasteiger partial charge in [0.2, 0.25) is 0 Å². The van der Waals surface area contributed by atoms with E-state index in [2.05, 4.69) is 5.32 Å². The minimum Gasteiger partial charge on any atom is -0.313 e. The maximum atomic E-state index is 12.6. The second-order valence-corrected chi connectivity index (χ2v) is 3.00. The first kappa shape index (κ1) is 5.59. The van der Waals surface area contributed by atoms with Crippen molar-refractivity contribution in [2.45, 2.75) is 24.8 Å². The number of hydrogen-bond donors (Lipinski definition) is 1. The van der Waals surface area contributed by atoms with E-state index in [1.807, 2.05) is 0 Å². The van der Waals surface area contributed by atoms with E-state index in [0.717, 1.165) is 0 Å². The van der Waals surface area contributed by atoms with Gasteiger partial charge in [0.15, 0.2) is 0 Å². The van der Waals surface area contributed by atoms with E-state index in [4.69, 9.17) is 0 Å². The molecule has 0 spiro atoms. The van der Waals surface area contributed by atoms with Crippen molar-refractivity contribution in [3.8, 4) is 0 Å². The number of nitrogens with one attached hydrogen (secondary N) is 1. The summed E-state index contributed by atoms with van der Waals surface area (Å²) >= 11 is 0. The Balaban J connectivity index is 2.18. The van der Waals surface area contributed by atoms with Gasteiger partial charge in [0, 0.05) is 24.9 Å². The summed E-state index contributed by atoms with van der Waals surface area (Å²) in [5.74, 6) is -2.71. The van der Waals surface area contributed by atoms with E-state index in [-0.39, 0.29) is 18.4 Å². The lowest BCUT2D eigenvalue weighted by molar-refractivity contribution is -0.0451. The molecule has 1 aliphatic heterocycles. The van der Waals surface area contributed by atoms with Gasteiger partial charge < -0.3 is 5.32 Å². The lowest BCUT2D eigenvalue weighted by Crippen LogP contribution is -2.36. The summed E-state index contributed by atoms with van der Waals surface area (Å²) in [6.07, 6.45) is 0.755. The molecule has 0 aromatic rings. The zero-order chi connectivity index (χ0) is 6.48. The molecule has 52 valence electrons. The van der Waals surface area contributed by atoms with Crippen molar-refractivity contribution >= 4 is 0 Å². The summed E-state index contributed by atoms with van der Waals surface area (Å²) in [6, 6.07) is 0.116. The molecule has 0 aromatic carbocycles. The monoisotopic (exact) mass is 133 g/mol. The maximum Gasteiger partial charge on any atom is 0.253 e. The summed E-state index contributed by atoms with van der Waals surface area (Å²) < 4.78 is 25.2. The fourth-order valence-electron chi connectivity index (χ4n) is 1.79. The summed E-state index contributed by atoms with van der Waals surface area (Å²) in [7, 11) is 0. The first-order valence-electron chi connectivity index (χ1n) is 3.30. The van der Waals surface area contributed by atoms with Gasteiger partial charge in [0.1, 0.15) is 0 Å². The highest BCUT2D eigenvalue weighted by Crippen LogP contribution is 2.43. The van der Waals surface area contributed by atoms with Crippen LogP contribution in [0.3, 0.4) is 0 Å². The maximum absolute atomic E-state index is 12.6. The van der Waals surface area contributed by atoms with E-state index in [9.17, 15) is 8.78 Å². The third-order valence-corrected chi connectivity index (χ3v) is 2.34. The Bertz CT molecular complexity index is 135. The molecule has 1 nitrogen and oxygen atoms in total. The van der Waals surface area contributed by atoms with Crippen molar-refractivity contribution in [3.05, 3.63) is 0 Å². The second kappa shape index (κ2) is 1.45. The van der Waals surface area contributed by atoms with E-state index in [1.165, 1.54) is 0 Å². The van der Waals surface area contributed by atoms with Gasteiger partial charge in [0.05, 0.1) is 0 Å². The van der Waals surface area contributed by atoms with Crippen molar-refractivity contribution in [2.75, 3.05) is 6.54 Å². The van der Waals surface area contributed by atoms with E-state index in [0.29, 0.717) is 13.0 Å². The van der Waals surface area contributed by atoms with Gasteiger partial charge in [-0.2, -0.15) is 0 Å². The molecule has 1 saturated carbocycles. The third kappa shape index (κ3) is 0.674. The van der Waals surface area contributed by atoms with Crippen LogP contribution in [-0.2, 0) is 0 Å². The van der Waals surface area contributed by atoms with Crippen LogP contribution in [0.15, 0.2) is 0 Å². The third-order valence-electron chi connectivity index (χ3n) is 2.34. The molecule has 2 atom stereocenters. The van der Waals surface area contributed by atoms with Crippen LogP contribution in [0.4, 0.5) is 8.78 Å². The van der Waals surface area contributed by atoms with Crippen LogP contribution in [-0.4, -0.2) is 18.5 Å². The van der Waals surface area contributed by atoms with Gasteiger partial charge in [0.25, 0.3) is 5.92 Å². The van der Waals surface area contributed by atoms with E-state index >= 15 is 0 Å². The van der Waals surface area contributed by atoms with Crippen LogP contribution in [0.5, 0.6) is 0 Å². The Kier molecular flexibility index (Phi) is 0.903.